The standard InChI is InChI=1S/C15H7F9O/c16-13(17,18)11-6-2-5-10(12(11)14(19,20)21)8-3-1-4-9(7-8)25-15(22,23)24/h1-7H. The fourth-order valence-corrected chi connectivity index (χ4v) is 2.20. The largest absolute Gasteiger partial charge is 0.573 e. The van der Waals surface area contributed by atoms with Gasteiger partial charge in [-0.05, 0) is 29.3 Å². The van der Waals surface area contributed by atoms with E-state index in [1.165, 1.54) is 0 Å². The lowest BCUT2D eigenvalue weighted by Gasteiger charge is -2.19. The molecule has 0 N–H and O–H groups in total. The number of alkyl halides is 9. The topological polar surface area (TPSA) is 9.23 Å². The number of ether oxygens (including phenoxy) is 1. The van der Waals surface area contributed by atoms with Gasteiger partial charge in [0.2, 0.25) is 0 Å². The molecule has 0 spiro atoms. The Hall–Kier alpha value is -2.39. The van der Waals surface area contributed by atoms with Gasteiger partial charge in [-0.2, -0.15) is 26.3 Å². The summed E-state index contributed by atoms with van der Waals surface area (Å²) in [5, 5.41) is 0. The van der Waals surface area contributed by atoms with Gasteiger partial charge >= 0.3 is 18.7 Å². The zero-order valence-electron chi connectivity index (χ0n) is 11.9. The van der Waals surface area contributed by atoms with Crippen LogP contribution in [0.2, 0.25) is 0 Å². The molecule has 0 unspecified atom stereocenters. The first-order chi connectivity index (χ1) is 11.3. The second kappa shape index (κ2) is 6.16. The predicted octanol–water partition coefficient (Wildman–Crippen LogP) is 6.29. The average molecular weight is 374 g/mol. The minimum atomic E-state index is -5.37. The van der Waals surface area contributed by atoms with Crippen molar-refractivity contribution in [2.24, 2.45) is 0 Å². The van der Waals surface area contributed by atoms with E-state index in [9.17, 15) is 39.5 Å². The molecule has 0 radical (unpaired) electrons. The maximum atomic E-state index is 13.2. The van der Waals surface area contributed by atoms with Crippen molar-refractivity contribution in [2.45, 2.75) is 18.7 Å². The Kier molecular flexibility index (Phi) is 4.67. The van der Waals surface area contributed by atoms with Crippen molar-refractivity contribution in [3.63, 3.8) is 0 Å². The lowest BCUT2D eigenvalue weighted by molar-refractivity contribution is -0.274. The predicted molar refractivity (Wildman–Crippen MR) is 68.6 cm³/mol. The zero-order valence-corrected chi connectivity index (χ0v) is 11.9. The van der Waals surface area contributed by atoms with E-state index in [-0.39, 0.29) is 6.07 Å². The molecule has 2 aromatic carbocycles. The summed E-state index contributed by atoms with van der Waals surface area (Å²) in [6.45, 7) is 0. The fraction of sp³-hybridized carbons (Fsp3) is 0.200. The maximum absolute atomic E-state index is 13.2. The van der Waals surface area contributed by atoms with Crippen molar-refractivity contribution < 1.29 is 44.3 Å². The Morgan fingerprint density at radius 3 is 1.80 bits per heavy atom. The molecule has 0 bridgehead atoms. The molecular formula is C15H7F9O. The van der Waals surface area contributed by atoms with Gasteiger partial charge in [0.25, 0.3) is 0 Å². The van der Waals surface area contributed by atoms with E-state index in [0.717, 1.165) is 30.3 Å². The molecule has 0 amide bonds. The first kappa shape index (κ1) is 18.9. The fourth-order valence-electron chi connectivity index (χ4n) is 2.20. The highest BCUT2D eigenvalue weighted by atomic mass is 19.4. The van der Waals surface area contributed by atoms with Crippen molar-refractivity contribution in [3.8, 4) is 16.9 Å². The van der Waals surface area contributed by atoms with Crippen LogP contribution in [0.5, 0.6) is 5.75 Å². The number of halogens is 9. The number of benzene rings is 2. The second-order valence-electron chi connectivity index (χ2n) is 4.80. The molecule has 1 nitrogen and oxygen atoms in total. The van der Waals surface area contributed by atoms with Crippen molar-refractivity contribution in [3.05, 3.63) is 53.6 Å². The molecule has 0 saturated carbocycles. The van der Waals surface area contributed by atoms with Crippen molar-refractivity contribution >= 4 is 0 Å². The van der Waals surface area contributed by atoms with Gasteiger partial charge in [0.15, 0.2) is 0 Å². The van der Waals surface area contributed by atoms with Gasteiger partial charge in [-0.25, -0.2) is 0 Å². The van der Waals surface area contributed by atoms with E-state index in [0.29, 0.717) is 6.07 Å². The lowest BCUT2D eigenvalue weighted by atomic mass is 9.94. The third kappa shape index (κ3) is 4.58. The van der Waals surface area contributed by atoms with Crippen LogP contribution in [0.25, 0.3) is 11.1 Å². The molecule has 0 fully saturated rings. The highest BCUT2D eigenvalue weighted by molar-refractivity contribution is 5.71. The normalized spacial score (nSPS) is 13.0. The maximum Gasteiger partial charge on any atom is 0.573 e. The molecule has 25 heavy (non-hydrogen) atoms. The molecule has 10 heteroatoms. The van der Waals surface area contributed by atoms with E-state index in [1.54, 1.807) is 0 Å². The van der Waals surface area contributed by atoms with Crippen LogP contribution < -0.4 is 4.74 Å². The first-order valence-electron chi connectivity index (χ1n) is 6.42. The van der Waals surface area contributed by atoms with Crippen molar-refractivity contribution in [1.29, 1.82) is 0 Å². The van der Waals surface area contributed by atoms with E-state index >= 15 is 0 Å². The molecule has 0 saturated heterocycles. The number of hydrogen-bond acceptors (Lipinski definition) is 1. The molecule has 136 valence electrons. The van der Waals surface area contributed by atoms with Crippen LogP contribution in [0.1, 0.15) is 11.1 Å². The van der Waals surface area contributed by atoms with Gasteiger partial charge in [0, 0.05) is 0 Å². The van der Waals surface area contributed by atoms with Gasteiger partial charge < -0.3 is 4.74 Å². The third-order valence-corrected chi connectivity index (χ3v) is 3.03. The summed E-state index contributed by atoms with van der Waals surface area (Å²) in [4.78, 5) is 0. The van der Waals surface area contributed by atoms with Gasteiger partial charge in [0.05, 0.1) is 11.1 Å². The van der Waals surface area contributed by atoms with Crippen LogP contribution in [-0.4, -0.2) is 6.36 Å². The smallest absolute Gasteiger partial charge is 0.406 e. The summed E-state index contributed by atoms with van der Waals surface area (Å²) in [5.74, 6) is -0.851. The summed E-state index contributed by atoms with van der Waals surface area (Å²) < 4.78 is 118. The van der Waals surface area contributed by atoms with E-state index in [4.69, 9.17) is 0 Å². The minimum absolute atomic E-state index is 0.252. The molecule has 0 aliphatic carbocycles. The van der Waals surface area contributed by atoms with Crippen LogP contribution >= 0.6 is 0 Å². The minimum Gasteiger partial charge on any atom is -0.406 e. The van der Waals surface area contributed by atoms with Crippen LogP contribution in [0.15, 0.2) is 42.5 Å². The molecule has 0 heterocycles. The Balaban J connectivity index is 2.66. The Morgan fingerprint density at radius 1 is 0.680 bits per heavy atom. The average Bonchev–Trinajstić information content (AvgIpc) is 2.43. The van der Waals surface area contributed by atoms with Crippen LogP contribution in [-0.2, 0) is 12.4 Å². The summed E-state index contributed by atoms with van der Waals surface area (Å²) in [6, 6.07) is 5.03. The quantitative estimate of drug-likeness (QED) is 0.562. The molecule has 0 aromatic heterocycles. The molecule has 2 rings (SSSR count). The van der Waals surface area contributed by atoms with E-state index < -0.39 is 46.7 Å². The van der Waals surface area contributed by atoms with Gasteiger partial charge in [-0.1, -0.05) is 24.3 Å². The first-order valence-corrected chi connectivity index (χ1v) is 6.42. The monoisotopic (exact) mass is 374 g/mol. The molecule has 0 aliphatic rings. The van der Waals surface area contributed by atoms with Gasteiger partial charge in [0.1, 0.15) is 5.75 Å². The summed E-state index contributed by atoms with van der Waals surface area (Å²) in [5.41, 5.74) is -5.32. The van der Waals surface area contributed by atoms with E-state index in [1.807, 2.05) is 0 Å². The molecule has 0 atom stereocenters. The Morgan fingerprint density at radius 2 is 1.28 bits per heavy atom. The van der Waals surface area contributed by atoms with Crippen LogP contribution in [0.4, 0.5) is 39.5 Å². The molecule has 2 aromatic rings. The number of rotatable bonds is 2. The molecular weight excluding hydrogens is 367 g/mol. The Labute approximate surface area is 134 Å². The second-order valence-corrected chi connectivity index (χ2v) is 4.80. The highest BCUT2D eigenvalue weighted by Gasteiger charge is 2.44. The summed E-state index contributed by atoms with van der Waals surface area (Å²) >= 11 is 0. The highest BCUT2D eigenvalue weighted by Crippen LogP contribution is 2.45. The SMILES string of the molecule is FC(F)(F)Oc1cccc(-c2cccc(C(F)(F)F)c2C(F)(F)F)c1. The van der Waals surface area contributed by atoms with E-state index in [2.05, 4.69) is 4.74 Å². The van der Waals surface area contributed by atoms with Crippen LogP contribution in [0.3, 0.4) is 0 Å². The van der Waals surface area contributed by atoms with Crippen molar-refractivity contribution in [2.75, 3.05) is 0 Å². The van der Waals surface area contributed by atoms with Crippen molar-refractivity contribution in [1.82, 2.24) is 0 Å². The lowest BCUT2D eigenvalue weighted by Crippen LogP contribution is -2.18. The molecule has 0 aliphatic heterocycles. The third-order valence-electron chi connectivity index (χ3n) is 3.03. The summed E-state index contributed by atoms with van der Waals surface area (Å²) in [6.07, 6.45) is -15.8. The zero-order chi connectivity index (χ0) is 19.0. The Bertz CT molecular complexity index is 757. The van der Waals surface area contributed by atoms with Gasteiger partial charge in [-0.3, -0.25) is 0 Å². The summed E-state index contributed by atoms with van der Waals surface area (Å²) in [7, 11) is 0. The number of hydrogen-bond donors (Lipinski definition) is 0. The van der Waals surface area contributed by atoms with Gasteiger partial charge in [-0.15, -0.1) is 13.2 Å². The van der Waals surface area contributed by atoms with Crippen LogP contribution in [0, 0.1) is 0 Å².